The van der Waals surface area contributed by atoms with Crippen molar-refractivity contribution in [3.63, 3.8) is 0 Å². The first-order valence-corrected chi connectivity index (χ1v) is 17.8. The van der Waals surface area contributed by atoms with Crippen LogP contribution in [0.1, 0.15) is 63.8 Å². The normalized spacial score (nSPS) is 13.3. The first kappa shape index (κ1) is 32.6. The molecule has 256 valence electrons. The second-order valence-electron chi connectivity index (χ2n) is 15.9. The van der Waals surface area contributed by atoms with Gasteiger partial charge in [-0.15, -0.1) is 0 Å². The Balaban J connectivity index is 1.15. The first-order chi connectivity index (χ1) is 24.4. The summed E-state index contributed by atoms with van der Waals surface area (Å²) in [6.45, 7) is 18.6. The largest absolute Gasteiger partial charge is 0.457 e. The third-order valence-electron chi connectivity index (χ3n) is 10.1. The van der Waals surface area contributed by atoms with Crippen molar-refractivity contribution in [1.29, 1.82) is 0 Å². The molecular formula is C45H45N5O. The highest BCUT2D eigenvalue weighted by Gasteiger charge is 2.31. The van der Waals surface area contributed by atoms with Crippen molar-refractivity contribution in [2.45, 2.75) is 66.2 Å². The molecule has 1 aliphatic heterocycles. The minimum absolute atomic E-state index is 0.00762. The molecule has 0 aliphatic carbocycles. The number of nitrogens with zero attached hydrogens (tertiary/aromatic N) is 5. The van der Waals surface area contributed by atoms with Gasteiger partial charge in [0.2, 0.25) is 0 Å². The van der Waals surface area contributed by atoms with Crippen LogP contribution in [0.2, 0.25) is 0 Å². The molecule has 4 aromatic carbocycles. The van der Waals surface area contributed by atoms with Crippen LogP contribution in [0, 0.1) is 13.8 Å². The average molecular weight is 672 g/mol. The Bertz CT molecular complexity index is 2420. The maximum absolute atomic E-state index is 6.65. The summed E-state index contributed by atoms with van der Waals surface area (Å²) < 4.78 is 8.90. The van der Waals surface area contributed by atoms with Gasteiger partial charge in [0.1, 0.15) is 24.0 Å². The van der Waals surface area contributed by atoms with Gasteiger partial charge in [-0.1, -0.05) is 77.9 Å². The summed E-state index contributed by atoms with van der Waals surface area (Å²) in [6.07, 6.45) is 5.77. The number of aromatic nitrogens is 3. The second kappa shape index (κ2) is 12.0. The Kier molecular flexibility index (Phi) is 7.67. The molecule has 6 nitrogen and oxygen atoms in total. The summed E-state index contributed by atoms with van der Waals surface area (Å²) >= 11 is 0. The minimum atomic E-state index is 0.00762. The lowest BCUT2D eigenvalue weighted by atomic mass is 9.84. The van der Waals surface area contributed by atoms with Crippen molar-refractivity contribution >= 4 is 44.6 Å². The summed E-state index contributed by atoms with van der Waals surface area (Å²) in [5.74, 6) is 2.45. The highest BCUT2D eigenvalue weighted by molar-refractivity contribution is 6.09. The van der Waals surface area contributed by atoms with Crippen molar-refractivity contribution in [2.75, 3.05) is 16.5 Å². The zero-order chi connectivity index (χ0) is 35.7. The number of hydrogen-bond donors (Lipinski definition) is 0. The first-order valence-electron chi connectivity index (χ1n) is 17.8. The Labute approximate surface area is 301 Å². The van der Waals surface area contributed by atoms with Crippen LogP contribution in [0.5, 0.6) is 11.5 Å². The molecule has 8 rings (SSSR count). The maximum Gasteiger partial charge on any atom is 0.137 e. The van der Waals surface area contributed by atoms with Crippen LogP contribution in [-0.4, -0.2) is 21.2 Å². The van der Waals surface area contributed by atoms with Gasteiger partial charge in [0, 0.05) is 46.7 Å². The molecule has 51 heavy (non-hydrogen) atoms. The third kappa shape index (κ3) is 5.79. The number of pyridine rings is 2. The van der Waals surface area contributed by atoms with E-state index in [4.69, 9.17) is 9.72 Å². The molecule has 0 saturated heterocycles. The summed E-state index contributed by atoms with van der Waals surface area (Å²) in [6, 6.07) is 34.4. The zero-order valence-corrected chi connectivity index (χ0v) is 30.8. The van der Waals surface area contributed by atoms with E-state index >= 15 is 0 Å². The number of hydrogen-bond acceptors (Lipinski definition) is 5. The van der Waals surface area contributed by atoms with Gasteiger partial charge in [-0.3, -0.25) is 9.55 Å². The molecular weight excluding hydrogens is 627 g/mol. The van der Waals surface area contributed by atoms with Gasteiger partial charge in [-0.05, 0) is 95.5 Å². The van der Waals surface area contributed by atoms with E-state index < -0.39 is 0 Å². The lowest BCUT2D eigenvalue weighted by molar-refractivity contribution is 0.483. The van der Waals surface area contributed by atoms with Gasteiger partial charge in [0.25, 0.3) is 0 Å². The highest BCUT2D eigenvalue weighted by Crippen LogP contribution is 2.47. The highest BCUT2D eigenvalue weighted by atomic mass is 16.5. The predicted octanol–water partition coefficient (Wildman–Crippen LogP) is 11.8. The Morgan fingerprint density at radius 1 is 0.608 bits per heavy atom. The van der Waals surface area contributed by atoms with Crippen molar-refractivity contribution < 1.29 is 4.74 Å². The number of fused-ring (bicyclic) bond motifs is 4. The van der Waals surface area contributed by atoms with Gasteiger partial charge in [-0.2, -0.15) is 0 Å². The van der Waals surface area contributed by atoms with Crippen LogP contribution in [-0.2, 0) is 10.8 Å². The third-order valence-corrected chi connectivity index (χ3v) is 10.1. The van der Waals surface area contributed by atoms with E-state index in [0.29, 0.717) is 6.67 Å². The van der Waals surface area contributed by atoms with E-state index in [9.17, 15) is 0 Å². The fourth-order valence-electron chi connectivity index (χ4n) is 7.45. The molecule has 0 radical (unpaired) electrons. The van der Waals surface area contributed by atoms with Crippen molar-refractivity contribution in [3.05, 3.63) is 138 Å². The quantitative estimate of drug-likeness (QED) is 0.182. The van der Waals surface area contributed by atoms with Crippen LogP contribution in [0.4, 0.5) is 22.7 Å². The molecule has 0 amide bonds. The fourth-order valence-corrected chi connectivity index (χ4v) is 7.45. The number of aryl methyl sites for hydroxylation is 2. The van der Waals surface area contributed by atoms with Crippen molar-refractivity contribution in [2.24, 2.45) is 0 Å². The molecule has 3 aromatic heterocycles. The summed E-state index contributed by atoms with van der Waals surface area (Å²) in [5, 5.41) is 2.35. The summed E-state index contributed by atoms with van der Waals surface area (Å²) in [5.41, 5.74) is 11.9. The standard InChI is InChI=1S/C45H45N5O/c1-29-22-32(45(6,7)8)23-30(2)43(29)49-28-48(39-19-20-46-27-41(39)49)33-12-11-13-34(25-33)51-35-16-17-37-36-14-9-10-15-38(36)50(40(37)26-35)42-24-31(18-21-47-42)44(3,4)5/h9-27H,28H2,1-8H3. The SMILES string of the molecule is Cc1cc(C(C)(C)C)cc(C)c1N1CN(c2cccc(Oc3ccc4c5ccccc5n(-c5cc(C(C)(C)C)ccn5)c4c3)c2)c2ccncc21. The van der Waals surface area contributed by atoms with E-state index in [1.807, 2.05) is 24.7 Å². The molecule has 0 spiro atoms. The van der Waals surface area contributed by atoms with Gasteiger partial charge >= 0.3 is 0 Å². The van der Waals surface area contributed by atoms with Crippen LogP contribution in [0.3, 0.4) is 0 Å². The number of para-hydroxylation sites is 1. The Morgan fingerprint density at radius 2 is 1.33 bits per heavy atom. The van der Waals surface area contributed by atoms with E-state index in [0.717, 1.165) is 50.8 Å². The lowest BCUT2D eigenvalue weighted by Gasteiger charge is -2.28. The van der Waals surface area contributed by atoms with Gasteiger partial charge in [-0.25, -0.2) is 4.98 Å². The van der Waals surface area contributed by atoms with Gasteiger partial charge in [0.15, 0.2) is 0 Å². The molecule has 0 saturated carbocycles. The van der Waals surface area contributed by atoms with Crippen molar-refractivity contribution in [1.82, 2.24) is 14.5 Å². The predicted molar refractivity (Wildman–Crippen MR) is 212 cm³/mol. The molecule has 6 heteroatoms. The lowest BCUT2D eigenvalue weighted by Crippen LogP contribution is -2.25. The fraction of sp³-hybridized carbons (Fsp3) is 0.244. The van der Waals surface area contributed by atoms with E-state index in [1.54, 1.807) is 0 Å². The number of benzene rings is 4. The monoisotopic (exact) mass is 671 g/mol. The number of anilines is 4. The Hall–Kier alpha value is -5.62. The van der Waals surface area contributed by atoms with Crippen LogP contribution in [0.25, 0.3) is 27.6 Å². The maximum atomic E-state index is 6.65. The molecule has 7 aromatic rings. The van der Waals surface area contributed by atoms with Crippen LogP contribution in [0.15, 0.2) is 116 Å². The van der Waals surface area contributed by atoms with E-state index in [-0.39, 0.29) is 10.8 Å². The van der Waals surface area contributed by atoms with Crippen molar-refractivity contribution in [3.8, 4) is 17.3 Å². The molecule has 0 N–H and O–H groups in total. The average Bonchev–Trinajstić information content (AvgIpc) is 3.63. The van der Waals surface area contributed by atoms with E-state index in [2.05, 4.69) is 166 Å². The Morgan fingerprint density at radius 3 is 2.10 bits per heavy atom. The molecule has 0 atom stereocenters. The van der Waals surface area contributed by atoms with Crippen LogP contribution >= 0.6 is 0 Å². The molecule has 0 bridgehead atoms. The van der Waals surface area contributed by atoms with Gasteiger partial charge in [0.05, 0.1) is 28.6 Å². The van der Waals surface area contributed by atoms with E-state index in [1.165, 1.54) is 33.3 Å². The van der Waals surface area contributed by atoms with Gasteiger partial charge < -0.3 is 14.5 Å². The second-order valence-corrected chi connectivity index (χ2v) is 15.9. The molecule has 4 heterocycles. The number of rotatable bonds is 5. The molecule has 1 aliphatic rings. The molecule has 0 unspecified atom stereocenters. The molecule has 0 fully saturated rings. The summed E-state index contributed by atoms with van der Waals surface area (Å²) in [4.78, 5) is 14.1. The number of ether oxygens (including phenoxy) is 1. The zero-order valence-electron chi connectivity index (χ0n) is 30.8. The topological polar surface area (TPSA) is 46.4 Å². The smallest absolute Gasteiger partial charge is 0.137 e. The summed E-state index contributed by atoms with van der Waals surface area (Å²) in [7, 11) is 0. The minimum Gasteiger partial charge on any atom is -0.457 e. The van der Waals surface area contributed by atoms with Crippen LogP contribution < -0.4 is 14.5 Å².